The van der Waals surface area contributed by atoms with E-state index in [1.54, 1.807) is 11.4 Å². The molecule has 0 unspecified atom stereocenters. The maximum atomic E-state index is 11.7. The van der Waals surface area contributed by atoms with Crippen LogP contribution in [0.4, 0.5) is 5.00 Å². The number of hydrogen-bond donors (Lipinski definition) is 2. The molecule has 1 amide bonds. The van der Waals surface area contributed by atoms with E-state index in [2.05, 4.69) is 5.32 Å². The Bertz CT molecular complexity index is 684. The highest BCUT2D eigenvalue weighted by Crippen LogP contribution is 2.24. The molecule has 0 saturated carbocycles. The summed E-state index contributed by atoms with van der Waals surface area (Å²) in [7, 11) is 0. The first-order chi connectivity index (χ1) is 9.60. The third-order valence-electron chi connectivity index (χ3n) is 2.18. The topological polar surface area (TPSA) is 103 Å². The van der Waals surface area contributed by atoms with Crippen molar-refractivity contribution in [2.75, 3.05) is 11.1 Å². The van der Waals surface area contributed by atoms with Crippen molar-refractivity contribution >= 4 is 40.0 Å². The summed E-state index contributed by atoms with van der Waals surface area (Å²) in [6.45, 7) is 0. The summed E-state index contributed by atoms with van der Waals surface area (Å²) < 4.78 is 5.01. The summed E-state index contributed by atoms with van der Waals surface area (Å²) in [5.74, 6) is -1.55. The number of aromatic carboxylic acids is 1. The van der Waals surface area contributed by atoms with Crippen molar-refractivity contribution in [3.8, 4) is 6.07 Å². The summed E-state index contributed by atoms with van der Waals surface area (Å²) in [5, 5.41) is 22.7. The molecule has 0 aromatic carbocycles. The van der Waals surface area contributed by atoms with E-state index in [0.29, 0.717) is 15.7 Å². The van der Waals surface area contributed by atoms with Crippen molar-refractivity contribution < 1.29 is 19.1 Å². The van der Waals surface area contributed by atoms with Crippen LogP contribution in [0.3, 0.4) is 0 Å². The van der Waals surface area contributed by atoms with Crippen molar-refractivity contribution in [1.29, 1.82) is 5.26 Å². The fourth-order valence-electron chi connectivity index (χ4n) is 1.31. The van der Waals surface area contributed by atoms with Gasteiger partial charge in [0.2, 0.25) is 11.7 Å². The molecule has 102 valence electrons. The minimum Gasteiger partial charge on any atom is -0.475 e. The molecule has 0 spiro atoms. The van der Waals surface area contributed by atoms with Crippen molar-refractivity contribution in [2.24, 2.45) is 0 Å². The summed E-state index contributed by atoms with van der Waals surface area (Å²) in [6, 6.07) is 6.42. The molecule has 8 heteroatoms. The Balaban J connectivity index is 1.89. The molecular weight excluding hydrogens is 300 g/mol. The average Bonchev–Trinajstić information content (AvgIpc) is 3.04. The molecule has 20 heavy (non-hydrogen) atoms. The highest BCUT2D eigenvalue weighted by atomic mass is 32.2. The number of thiophene rings is 1. The molecule has 0 radical (unpaired) electrons. The van der Waals surface area contributed by atoms with Gasteiger partial charge in [-0.3, -0.25) is 4.79 Å². The lowest BCUT2D eigenvalue weighted by molar-refractivity contribution is -0.113. The number of thioether (sulfide) groups is 1. The van der Waals surface area contributed by atoms with E-state index in [1.807, 2.05) is 6.07 Å². The number of nitriles is 1. The van der Waals surface area contributed by atoms with Gasteiger partial charge in [-0.05, 0) is 23.6 Å². The number of carboxylic acid groups (broad SMARTS) is 1. The molecule has 0 fully saturated rings. The molecule has 0 saturated heterocycles. The van der Waals surface area contributed by atoms with E-state index in [-0.39, 0.29) is 17.4 Å². The zero-order chi connectivity index (χ0) is 14.5. The highest BCUT2D eigenvalue weighted by molar-refractivity contribution is 7.99. The van der Waals surface area contributed by atoms with Crippen LogP contribution in [0.5, 0.6) is 0 Å². The first-order valence-corrected chi connectivity index (χ1v) is 7.20. The van der Waals surface area contributed by atoms with E-state index in [9.17, 15) is 9.59 Å². The third-order valence-corrected chi connectivity index (χ3v) is 3.92. The van der Waals surface area contributed by atoms with Crippen LogP contribution >= 0.6 is 23.1 Å². The zero-order valence-electron chi connectivity index (χ0n) is 9.95. The van der Waals surface area contributed by atoms with Crippen LogP contribution in [0.1, 0.15) is 16.1 Å². The molecular formula is C12H8N2O4S2. The molecule has 0 aliphatic heterocycles. The van der Waals surface area contributed by atoms with E-state index in [0.717, 1.165) is 11.8 Å². The molecule has 0 aliphatic carbocycles. The Morgan fingerprint density at radius 2 is 2.25 bits per heavy atom. The molecule has 2 rings (SSSR count). The quantitative estimate of drug-likeness (QED) is 0.823. The summed E-state index contributed by atoms with van der Waals surface area (Å²) >= 11 is 2.35. The molecule has 2 N–H and O–H groups in total. The number of carbonyl (C=O) groups is 2. The van der Waals surface area contributed by atoms with Gasteiger partial charge in [-0.2, -0.15) is 5.26 Å². The summed E-state index contributed by atoms with van der Waals surface area (Å²) in [6.07, 6.45) is 0. The second kappa shape index (κ2) is 6.27. The van der Waals surface area contributed by atoms with Gasteiger partial charge in [-0.15, -0.1) is 11.3 Å². The summed E-state index contributed by atoms with van der Waals surface area (Å²) in [4.78, 5) is 22.3. The Labute approximate surface area is 122 Å². The van der Waals surface area contributed by atoms with Gasteiger partial charge in [0.05, 0.1) is 11.3 Å². The predicted molar refractivity (Wildman–Crippen MR) is 74.1 cm³/mol. The highest BCUT2D eigenvalue weighted by Gasteiger charge is 2.12. The van der Waals surface area contributed by atoms with E-state index in [1.165, 1.54) is 23.5 Å². The Morgan fingerprint density at radius 1 is 1.45 bits per heavy atom. The first kappa shape index (κ1) is 14.2. The van der Waals surface area contributed by atoms with Gasteiger partial charge in [0, 0.05) is 0 Å². The second-order valence-electron chi connectivity index (χ2n) is 3.54. The minimum atomic E-state index is -1.15. The van der Waals surface area contributed by atoms with Crippen LogP contribution in [0.25, 0.3) is 0 Å². The van der Waals surface area contributed by atoms with E-state index < -0.39 is 5.97 Å². The Hall–Kier alpha value is -2.24. The molecule has 6 nitrogen and oxygen atoms in total. The van der Waals surface area contributed by atoms with Gasteiger partial charge in [0.15, 0.2) is 5.09 Å². The number of nitrogens with zero attached hydrogens (tertiary/aromatic N) is 1. The lowest BCUT2D eigenvalue weighted by Crippen LogP contribution is -2.13. The van der Waals surface area contributed by atoms with Crippen LogP contribution in [-0.4, -0.2) is 22.7 Å². The third kappa shape index (κ3) is 3.40. The monoisotopic (exact) mass is 308 g/mol. The van der Waals surface area contributed by atoms with Crippen molar-refractivity contribution in [2.45, 2.75) is 5.09 Å². The van der Waals surface area contributed by atoms with E-state index in [4.69, 9.17) is 14.8 Å². The standard InChI is InChI=1S/C12H8N2O4S2/c13-5-7-3-4-19-11(7)14-9(15)6-20-10-2-1-8(18-10)12(16)17/h1-4H,6H2,(H,14,15)(H,16,17). The minimum absolute atomic E-state index is 0.0648. The largest absolute Gasteiger partial charge is 0.475 e. The number of nitrogens with one attached hydrogen (secondary N) is 1. The number of carboxylic acids is 1. The van der Waals surface area contributed by atoms with Gasteiger partial charge in [0.25, 0.3) is 0 Å². The van der Waals surface area contributed by atoms with Gasteiger partial charge in [-0.25, -0.2) is 4.79 Å². The van der Waals surface area contributed by atoms with Crippen molar-refractivity contribution in [3.63, 3.8) is 0 Å². The van der Waals surface area contributed by atoms with Crippen molar-refractivity contribution in [3.05, 3.63) is 34.9 Å². The zero-order valence-corrected chi connectivity index (χ0v) is 11.6. The maximum absolute atomic E-state index is 11.7. The molecule has 0 aliphatic rings. The number of hydrogen-bond acceptors (Lipinski definition) is 6. The van der Waals surface area contributed by atoms with Crippen LogP contribution in [0.15, 0.2) is 33.1 Å². The molecule has 0 atom stereocenters. The van der Waals surface area contributed by atoms with Crippen LogP contribution < -0.4 is 5.32 Å². The number of amides is 1. The molecule has 2 aromatic rings. The van der Waals surface area contributed by atoms with Gasteiger partial charge in [-0.1, -0.05) is 11.8 Å². The predicted octanol–water partition coefficient (Wildman–Crippen LogP) is 2.64. The lowest BCUT2D eigenvalue weighted by Gasteiger charge is -2.01. The SMILES string of the molecule is N#Cc1ccsc1NC(=O)CSc1ccc(C(=O)O)o1. The second-order valence-corrected chi connectivity index (χ2v) is 5.43. The fourth-order valence-corrected chi connectivity index (χ4v) is 2.72. The number of anilines is 1. The van der Waals surface area contributed by atoms with Gasteiger partial charge < -0.3 is 14.8 Å². The summed E-state index contributed by atoms with van der Waals surface area (Å²) in [5.41, 5.74) is 0.416. The van der Waals surface area contributed by atoms with Crippen LogP contribution in [0.2, 0.25) is 0 Å². The van der Waals surface area contributed by atoms with Gasteiger partial charge >= 0.3 is 5.97 Å². The molecule has 2 heterocycles. The van der Waals surface area contributed by atoms with Crippen LogP contribution in [0, 0.1) is 11.3 Å². The fraction of sp³-hybridized carbons (Fsp3) is 0.0833. The first-order valence-electron chi connectivity index (χ1n) is 5.33. The number of carbonyl (C=O) groups excluding carboxylic acids is 1. The normalized spacial score (nSPS) is 9.95. The van der Waals surface area contributed by atoms with E-state index >= 15 is 0 Å². The van der Waals surface area contributed by atoms with Gasteiger partial charge in [0.1, 0.15) is 11.1 Å². The molecule has 0 bridgehead atoms. The molecule has 2 aromatic heterocycles. The maximum Gasteiger partial charge on any atom is 0.371 e. The number of rotatable bonds is 5. The lowest BCUT2D eigenvalue weighted by atomic mass is 10.3. The Kier molecular flexibility index (Phi) is 4.45. The average molecular weight is 308 g/mol. The Morgan fingerprint density at radius 3 is 2.90 bits per heavy atom. The smallest absolute Gasteiger partial charge is 0.371 e. The van der Waals surface area contributed by atoms with Crippen molar-refractivity contribution in [1.82, 2.24) is 0 Å². The number of furan rings is 1. The van der Waals surface area contributed by atoms with Crippen LogP contribution in [-0.2, 0) is 4.79 Å².